The standard InChI is InChI=1S/C24H24FN5O2S.2ClH/c25-21-12-18(17-3-1-16(2-4-17)13-29-8-5-26-6-9-29)11-19-20(21)14-30(23(19)32)15-22(31)28-24-27-7-10-33-24;;/h1-4,7,10-12,26H,5-6,8-9,13-15H2,(H,27,28,31);2*1H. The van der Waals surface area contributed by atoms with Crippen molar-refractivity contribution in [3.8, 4) is 11.1 Å². The summed E-state index contributed by atoms with van der Waals surface area (Å²) in [6.45, 7) is 4.87. The van der Waals surface area contributed by atoms with Gasteiger partial charge in [0, 0.05) is 55.4 Å². The molecule has 2 aliphatic rings. The normalized spacial score (nSPS) is 15.2. The van der Waals surface area contributed by atoms with E-state index >= 15 is 0 Å². The fourth-order valence-corrected chi connectivity index (χ4v) is 4.81. The average molecular weight is 538 g/mol. The largest absolute Gasteiger partial charge is 0.325 e. The number of hydrogen-bond donors (Lipinski definition) is 2. The Morgan fingerprint density at radius 1 is 1.11 bits per heavy atom. The second kappa shape index (κ2) is 11.9. The van der Waals surface area contributed by atoms with Gasteiger partial charge in [-0.2, -0.15) is 0 Å². The number of carbonyl (C=O) groups excluding carboxylic acids is 2. The summed E-state index contributed by atoms with van der Waals surface area (Å²) in [5, 5.41) is 8.23. The van der Waals surface area contributed by atoms with E-state index < -0.39 is 5.82 Å². The molecular formula is C24H26Cl2FN5O2S. The van der Waals surface area contributed by atoms with Gasteiger partial charge in [-0.05, 0) is 28.8 Å². The molecule has 11 heteroatoms. The number of piperazine rings is 1. The Labute approximate surface area is 219 Å². The van der Waals surface area contributed by atoms with Crippen LogP contribution >= 0.6 is 36.2 Å². The van der Waals surface area contributed by atoms with E-state index in [2.05, 4.69) is 32.7 Å². The quantitative estimate of drug-likeness (QED) is 0.500. The number of amides is 2. The van der Waals surface area contributed by atoms with Crippen LogP contribution in [0.2, 0.25) is 0 Å². The lowest BCUT2D eigenvalue weighted by molar-refractivity contribution is -0.116. The summed E-state index contributed by atoms with van der Waals surface area (Å²) in [7, 11) is 0. The molecule has 35 heavy (non-hydrogen) atoms. The maximum atomic E-state index is 14.9. The van der Waals surface area contributed by atoms with Gasteiger partial charge in [0.1, 0.15) is 12.4 Å². The highest BCUT2D eigenvalue weighted by atomic mass is 35.5. The van der Waals surface area contributed by atoms with E-state index in [1.807, 2.05) is 12.1 Å². The lowest BCUT2D eigenvalue weighted by Crippen LogP contribution is -2.42. The van der Waals surface area contributed by atoms with Gasteiger partial charge in [0.15, 0.2) is 5.13 Å². The zero-order chi connectivity index (χ0) is 22.8. The van der Waals surface area contributed by atoms with Crippen molar-refractivity contribution in [3.63, 3.8) is 0 Å². The Bertz CT molecular complexity index is 1170. The molecule has 0 spiro atoms. The van der Waals surface area contributed by atoms with Crippen molar-refractivity contribution in [2.45, 2.75) is 13.1 Å². The lowest BCUT2D eigenvalue weighted by atomic mass is 9.99. The average Bonchev–Trinajstić information content (AvgIpc) is 3.44. The summed E-state index contributed by atoms with van der Waals surface area (Å²) in [5.74, 6) is -1.12. The smallest absolute Gasteiger partial charge is 0.255 e. The molecule has 7 nitrogen and oxygen atoms in total. The summed E-state index contributed by atoms with van der Waals surface area (Å²) < 4.78 is 14.9. The fraction of sp³-hybridized carbons (Fsp3) is 0.292. The number of fused-ring (bicyclic) bond motifs is 1. The third-order valence-electron chi connectivity index (χ3n) is 5.98. The number of hydrogen-bond acceptors (Lipinski definition) is 6. The van der Waals surface area contributed by atoms with Crippen LogP contribution in [0.5, 0.6) is 0 Å². The zero-order valence-electron chi connectivity index (χ0n) is 18.8. The van der Waals surface area contributed by atoms with Gasteiger partial charge in [-0.25, -0.2) is 9.37 Å². The molecular weight excluding hydrogens is 512 g/mol. The van der Waals surface area contributed by atoms with Crippen LogP contribution in [0.25, 0.3) is 11.1 Å². The van der Waals surface area contributed by atoms with Crippen LogP contribution in [0.15, 0.2) is 48.0 Å². The molecule has 0 saturated carbocycles. The topological polar surface area (TPSA) is 77.6 Å². The third-order valence-corrected chi connectivity index (χ3v) is 6.67. The van der Waals surface area contributed by atoms with Gasteiger partial charge in [-0.15, -0.1) is 36.2 Å². The van der Waals surface area contributed by atoms with Crippen LogP contribution in [-0.2, 0) is 17.9 Å². The highest BCUT2D eigenvalue weighted by molar-refractivity contribution is 7.13. The first kappa shape index (κ1) is 27.0. The van der Waals surface area contributed by atoms with Crippen molar-refractivity contribution in [2.75, 3.05) is 38.0 Å². The molecule has 1 fully saturated rings. The first-order valence-electron chi connectivity index (χ1n) is 10.9. The number of nitrogens with zero attached hydrogens (tertiary/aromatic N) is 3. The van der Waals surface area contributed by atoms with Crippen molar-refractivity contribution in [2.24, 2.45) is 0 Å². The molecule has 0 unspecified atom stereocenters. The predicted molar refractivity (Wildman–Crippen MR) is 140 cm³/mol. The summed E-state index contributed by atoms with van der Waals surface area (Å²) in [6.07, 6.45) is 1.59. The summed E-state index contributed by atoms with van der Waals surface area (Å²) in [4.78, 5) is 32.9. The summed E-state index contributed by atoms with van der Waals surface area (Å²) in [5.41, 5.74) is 3.37. The van der Waals surface area contributed by atoms with E-state index in [9.17, 15) is 14.0 Å². The van der Waals surface area contributed by atoms with E-state index in [0.29, 0.717) is 21.8 Å². The van der Waals surface area contributed by atoms with Gasteiger partial charge in [-0.1, -0.05) is 24.3 Å². The zero-order valence-corrected chi connectivity index (χ0v) is 21.3. The third kappa shape index (κ3) is 6.17. The Morgan fingerprint density at radius 3 is 2.54 bits per heavy atom. The summed E-state index contributed by atoms with van der Waals surface area (Å²) >= 11 is 1.30. The Balaban J connectivity index is 0.00000171. The first-order valence-corrected chi connectivity index (χ1v) is 11.8. The molecule has 2 aliphatic heterocycles. The monoisotopic (exact) mass is 537 g/mol. The number of rotatable bonds is 6. The van der Waals surface area contributed by atoms with Crippen molar-refractivity contribution in [3.05, 3.63) is 70.5 Å². The van der Waals surface area contributed by atoms with E-state index in [-0.39, 0.29) is 49.7 Å². The number of nitrogens with one attached hydrogen (secondary N) is 2. The summed E-state index contributed by atoms with van der Waals surface area (Å²) in [6, 6.07) is 11.2. The fourth-order valence-electron chi connectivity index (χ4n) is 4.26. The van der Waals surface area contributed by atoms with Gasteiger partial charge < -0.3 is 15.5 Å². The van der Waals surface area contributed by atoms with E-state index in [1.165, 1.54) is 27.9 Å². The van der Waals surface area contributed by atoms with Gasteiger partial charge in [0.05, 0.1) is 6.54 Å². The molecule has 2 N–H and O–H groups in total. The second-order valence-corrected chi connectivity index (χ2v) is 9.15. The number of thiazole rings is 1. The van der Waals surface area contributed by atoms with Crippen LogP contribution in [0.3, 0.4) is 0 Å². The van der Waals surface area contributed by atoms with Gasteiger partial charge >= 0.3 is 0 Å². The molecule has 0 radical (unpaired) electrons. The molecule has 2 amide bonds. The SMILES string of the molecule is Cl.Cl.O=C(CN1Cc2c(F)cc(-c3ccc(CN4CCNCC4)cc3)cc2C1=O)Nc1nccs1. The minimum absolute atomic E-state index is 0. The number of benzene rings is 2. The molecule has 0 atom stereocenters. The molecule has 5 rings (SSSR count). The molecule has 3 aromatic rings. The van der Waals surface area contributed by atoms with Crippen LogP contribution in [0, 0.1) is 5.82 Å². The Kier molecular flexibility index (Phi) is 9.21. The van der Waals surface area contributed by atoms with Crippen LogP contribution in [0.1, 0.15) is 21.5 Å². The molecule has 0 bridgehead atoms. The Morgan fingerprint density at radius 2 is 1.86 bits per heavy atom. The van der Waals surface area contributed by atoms with Gasteiger partial charge in [0.25, 0.3) is 5.91 Å². The van der Waals surface area contributed by atoms with Crippen molar-refractivity contribution in [1.29, 1.82) is 0 Å². The number of anilines is 1. The highest BCUT2D eigenvalue weighted by Crippen LogP contribution is 2.31. The van der Waals surface area contributed by atoms with Crippen molar-refractivity contribution < 1.29 is 14.0 Å². The minimum atomic E-state index is -0.427. The maximum Gasteiger partial charge on any atom is 0.255 e. The number of halogens is 3. The maximum absolute atomic E-state index is 14.9. The van der Waals surface area contributed by atoms with E-state index in [1.54, 1.807) is 17.6 Å². The van der Waals surface area contributed by atoms with Crippen LogP contribution in [0.4, 0.5) is 9.52 Å². The molecule has 1 aromatic heterocycles. The lowest BCUT2D eigenvalue weighted by Gasteiger charge is -2.27. The van der Waals surface area contributed by atoms with Crippen molar-refractivity contribution >= 4 is 53.1 Å². The molecule has 3 heterocycles. The molecule has 186 valence electrons. The van der Waals surface area contributed by atoms with Crippen molar-refractivity contribution in [1.82, 2.24) is 20.1 Å². The first-order chi connectivity index (χ1) is 16.1. The van der Waals surface area contributed by atoms with E-state index in [0.717, 1.165) is 38.3 Å². The molecule has 0 aliphatic carbocycles. The number of carbonyl (C=O) groups is 2. The molecule has 2 aromatic carbocycles. The van der Waals surface area contributed by atoms with Crippen LogP contribution in [-0.4, -0.2) is 59.3 Å². The van der Waals surface area contributed by atoms with E-state index in [4.69, 9.17) is 0 Å². The van der Waals surface area contributed by atoms with Crippen LogP contribution < -0.4 is 10.6 Å². The Hall–Kier alpha value is -2.56. The number of aromatic nitrogens is 1. The minimum Gasteiger partial charge on any atom is -0.325 e. The van der Waals surface area contributed by atoms with Gasteiger partial charge in [0.2, 0.25) is 5.91 Å². The predicted octanol–water partition coefficient (Wildman–Crippen LogP) is 3.79. The molecule has 1 saturated heterocycles. The second-order valence-electron chi connectivity index (χ2n) is 8.25. The highest BCUT2D eigenvalue weighted by Gasteiger charge is 2.32. The van der Waals surface area contributed by atoms with Gasteiger partial charge in [-0.3, -0.25) is 14.5 Å².